The maximum atomic E-state index is 15.5. The van der Waals surface area contributed by atoms with E-state index in [2.05, 4.69) is 4.98 Å². The summed E-state index contributed by atoms with van der Waals surface area (Å²) in [7, 11) is 0. The smallest absolute Gasteiger partial charge is 0.387 e. The minimum atomic E-state index is -4.62. The SMILES string of the molecule is O=C(CCc1ccc(Cl)cc1C(F)(F)F)[C@@]1(F)CC[C@@H](O)c2ncccc21. The average molecular weight is 402 g/mol. The number of hydrogen-bond donors (Lipinski definition) is 1. The monoisotopic (exact) mass is 401 g/mol. The van der Waals surface area contributed by atoms with Gasteiger partial charge in [0.2, 0.25) is 0 Å². The van der Waals surface area contributed by atoms with Crippen LogP contribution in [0.3, 0.4) is 0 Å². The number of Topliss-reactive ketones (excluding diaryl/α,β-unsaturated/α-hetero) is 1. The lowest BCUT2D eigenvalue weighted by Gasteiger charge is -2.32. The molecule has 0 saturated carbocycles. The van der Waals surface area contributed by atoms with Crippen molar-refractivity contribution in [1.29, 1.82) is 0 Å². The molecule has 1 aliphatic carbocycles. The van der Waals surface area contributed by atoms with Crippen molar-refractivity contribution < 1.29 is 27.5 Å². The van der Waals surface area contributed by atoms with Gasteiger partial charge in [-0.15, -0.1) is 0 Å². The fourth-order valence-electron chi connectivity index (χ4n) is 3.39. The van der Waals surface area contributed by atoms with E-state index in [1.807, 2.05) is 0 Å². The molecular weight excluding hydrogens is 386 g/mol. The summed E-state index contributed by atoms with van der Waals surface area (Å²) in [6.07, 6.45) is -5.10. The van der Waals surface area contributed by atoms with Gasteiger partial charge >= 0.3 is 6.18 Å². The number of benzene rings is 1. The third-order valence-corrected chi connectivity index (χ3v) is 5.02. The number of aliphatic hydroxyl groups excluding tert-OH is 1. The van der Waals surface area contributed by atoms with E-state index in [1.54, 1.807) is 0 Å². The summed E-state index contributed by atoms with van der Waals surface area (Å²) in [5.41, 5.74) is -3.33. The molecule has 1 N–H and O–H groups in total. The number of fused-ring (bicyclic) bond motifs is 1. The van der Waals surface area contributed by atoms with Crippen LogP contribution in [0.1, 0.15) is 47.8 Å². The Bertz CT molecular complexity index is 871. The molecule has 3 nitrogen and oxygen atoms in total. The number of pyridine rings is 1. The molecule has 0 aliphatic heterocycles. The lowest BCUT2D eigenvalue weighted by molar-refractivity contribution is -0.139. The molecule has 27 heavy (non-hydrogen) atoms. The Morgan fingerprint density at radius 2 is 2.07 bits per heavy atom. The van der Waals surface area contributed by atoms with Crippen molar-refractivity contribution in [1.82, 2.24) is 4.98 Å². The molecule has 1 aliphatic rings. The van der Waals surface area contributed by atoms with Gasteiger partial charge in [-0.1, -0.05) is 23.7 Å². The van der Waals surface area contributed by atoms with Crippen molar-refractivity contribution in [2.45, 2.75) is 43.6 Å². The first kappa shape index (κ1) is 19.8. The summed E-state index contributed by atoms with van der Waals surface area (Å²) in [5.74, 6) is -0.827. The van der Waals surface area contributed by atoms with Crippen LogP contribution in [0, 0.1) is 0 Å². The van der Waals surface area contributed by atoms with E-state index < -0.39 is 35.7 Å². The van der Waals surface area contributed by atoms with E-state index in [0.29, 0.717) is 0 Å². The van der Waals surface area contributed by atoms with Gasteiger partial charge in [0.25, 0.3) is 0 Å². The highest BCUT2D eigenvalue weighted by atomic mass is 35.5. The number of aryl methyl sites for hydroxylation is 1. The van der Waals surface area contributed by atoms with Crippen LogP contribution in [-0.4, -0.2) is 15.9 Å². The van der Waals surface area contributed by atoms with Crippen molar-refractivity contribution in [3.63, 3.8) is 0 Å². The number of halogens is 5. The fourth-order valence-corrected chi connectivity index (χ4v) is 3.56. The summed E-state index contributed by atoms with van der Waals surface area (Å²) >= 11 is 5.64. The molecule has 8 heteroatoms. The second kappa shape index (κ2) is 7.20. The Hall–Kier alpha value is -1.99. The number of carbonyl (C=O) groups excluding carboxylic acids is 1. The zero-order chi connectivity index (χ0) is 19.8. The van der Waals surface area contributed by atoms with Gasteiger partial charge < -0.3 is 5.11 Å². The van der Waals surface area contributed by atoms with Crippen molar-refractivity contribution in [2.75, 3.05) is 0 Å². The number of ketones is 1. The van der Waals surface area contributed by atoms with E-state index >= 15 is 4.39 Å². The van der Waals surface area contributed by atoms with Gasteiger partial charge in [-0.3, -0.25) is 9.78 Å². The van der Waals surface area contributed by atoms with Crippen molar-refractivity contribution in [3.05, 3.63) is 63.9 Å². The quantitative estimate of drug-likeness (QED) is 0.738. The molecule has 0 bridgehead atoms. The topological polar surface area (TPSA) is 50.2 Å². The molecule has 0 saturated heterocycles. The second-order valence-electron chi connectivity index (χ2n) is 6.51. The van der Waals surface area contributed by atoms with Crippen LogP contribution < -0.4 is 0 Å². The number of hydrogen-bond acceptors (Lipinski definition) is 3. The lowest BCUT2D eigenvalue weighted by atomic mass is 9.77. The Balaban J connectivity index is 1.85. The molecule has 1 aromatic carbocycles. The summed E-state index contributed by atoms with van der Waals surface area (Å²) in [6, 6.07) is 6.13. The van der Waals surface area contributed by atoms with Gasteiger partial charge in [0, 0.05) is 23.2 Å². The number of alkyl halides is 4. The first-order valence-electron chi connectivity index (χ1n) is 8.34. The van der Waals surface area contributed by atoms with E-state index in [4.69, 9.17) is 11.6 Å². The van der Waals surface area contributed by atoms with Crippen LogP contribution in [0.4, 0.5) is 17.6 Å². The molecule has 3 rings (SSSR count). The average Bonchev–Trinajstić information content (AvgIpc) is 2.63. The number of carbonyl (C=O) groups is 1. The van der Waals surface area contributed by atoms with E-state index in [-0.39, 0.29) is 41.1 Å². The van der Waals surface area contributed by atoms with Gasteiger partial charge in [0.15, 0.2) is 11.5 Å². The Labute approximate surface area is 158 Å². The van der Waals surface area contributed by atoms with Crippen LogP contribution in [0.5, 0.6) is 0 Å². The van der Waals surface area contributed by atoms with Gasteiger partial charge in [-0.05, 0) is 43.0 Å². The zero-order valence-electron chi connectivity index (χ0n) is 14.1. The van der Waals surface area contributed by atoms with Crippen molar-refractivity contribution in [2.24, 2.45) is 0 Å². The number of aromatic nitrogens is 1. The molecule has 0 radical (unpaired) electrons. The van der Waals surface area contributed by atoms with Crippen LogP contribution in [0.15, 0.2) is 36.5 Å². The first-order chi connectivity index (χ1) is 12.6. The second-order valence-corrected chi connectivity index (χ2v) is 6.95. The molecule has 0 unspecified atom stereocenters. The Morgan fingerprint density at radius 3 is 2.78 bits per heavy atom. The van der Waals surface area contributed by atoms with E-state index in [1.165, 1.54) is 30.5 Å². The van der Waals surface area contributed by atoms with E-state index in [0.717, 1.165) is 6.07 Å². The highest BCUT2D eigenvalue weighted by Crippen LogP contribution is 2.43. The molecule has 2 atom stereocenters. The Kier molecular flexibility index (Phi) is 5.27. The largest absolute Gasteiger partial charge is 0.416 e. The number of aliphatic hydroxyl groups is 1. The van der Waals surface area contributed by atoms with Gasteiger partial charge in [0.05, 0.1) is 17.4 Å². The van der Waals surface area contributed by atoms with Gasteiger partial charge in [0.1, 0.15) is 0 Å². The van der Waals surface area contributed by atoms with Crippen LogP contribution in [-0.2, 0) is 23.1 Å². The summed E-state index contributed by atoms with van der Waals surface area (Å²) < 4.78 is 55.0. The van der Waals surface area contributed by atoms with E-state index in [9.17, 15) is 23.1 Å². The maximum absolute atomic E-state index is 15.5. The lowest BCUT2D eigenvalue weighted by Crippen LogP contribution is -2.37. The molecule has 1 aromatic heterocycles. The van der Waals surface area contributed by atoms with Crippen molar-refractivity contribution in [3.8, 4) is 0 Å². The molecule has 144 valence electrons. The molecule has 2 aromatic rings. The minimum Gasteiger partial charge on any atom is -0.387 e. The number of nitrogens with zero attached hydrogens (tertiary/aromatic N) is 1. The molecule has 0 spiro atoms. The first-order valence-corrected chi connectivity index (χ1v) is 8.72. The highest BCUT2D eigenvalue weighted by molar-refractivity contribution is 6.30. The summed E-state index contributed by atoms with van der Waals surface area (Å²) in [4.78, 5) is 16.5. The van der Waals surface area contributed by atoms with Crippen LogP contribution in [0.25, 0.3) is 0 Å². The predicted molar refractivity (Wildman–Crippen MR) is 91.0 cm³/mol. The Morgan fingerprint density at radius 1 is 1.33 bits per heavy atom. The fraction of sp³-hybridized carbons (Fsp3) is 0.368. The highest BCUT2D eigenvalue weighted by Gasteiger charge is 2.46. The molecule has 1 heterocycles. The third kappa shape index (κ3) is 3.84. The minimum absolute atomic E-state index is 0.0131. The van der Waals surface area contributed by atoms with Crippen molar-refractivity contribution >= 4 is 17.4 Å². The normalized spacial score (nSPS) is 22.4. The maximum Gasteiger partial charge on any atom is 0.416 e. The van der Waals surface area contributed by atoms with Gasteiger partial charge in [-0.2, -0.15) is 13.2 Å². The molecular formula is C19H16ClF4NO2. The standard InChI is InChI=1S/C19H16ClF4NO2/c20-12-5-3-11(14(10-12)19(22,23)24)4-6-16(27)18(21)8-7-15(26)17-13(18)2-1-9-25-17/h1-3,5,9-10,15,26H,4,6-8H2/t15-,18-/m1/s1. The van der Waals surface area contributed by atoms with Crippen LogP contribution in [0.2, 0.25) is 5.02 Å². The summed E-state index contributed by atoms with van der Waals surface area (Å²) in [6.45, 7) is 0. The third-order valence-electron chi connectivity index (χ3n) is 4.78. The zero-order valence-corrected chi connectivity index (χ0v) is 14.8. The predicted octanol–water partition coefficient (Wildman–Crippen LogP) is 4.95. The summed E-state index contributed by atoms with van der Waals surface area (Å²) in [5, 5.41) is 9.89. The molecule has 0 amide bonds. The van der Waals surface area contributed by atoms with Gasteiger partial charge in [-0.25, -0.2) is 4.39 Å². The molecule has 0 fully saturated rings. The number of rotatable bonds is 4. The van der Waals surface area contributed by atoms with Crippen LogP contribution >= 0.6 is 11.6 Å².